The number of carbonyl (C=O) groups excluding carboxylic acids is 1. The molecule has 2 aliphatic rings. The molecule has 162 valence electrons. The van der Waals surface area contributed by atoms with Gasteiger partial charge in [-0.2, -0.15) is 0 Å². The van der Waals surface area contributed by atoms with Crippen LogP contribution in [-0.4, -0.2) is 53.6 Å². The van der Waals surface area contributed by atoms with E-state index >= 15 is 0 Å². The minimum absolute atomic E-state index is 0.122. The van der Waals surface area contributed by atoms with Gasteiger partial charge in [0.1, 0.15) is 12.0 Å². The molecule has 1 saturated heterocycles. The standard InChI is InChI=1S/C24H33N3O3/c28-24(18-22-10-16-30-25-22)27-13-11-26(12-14-27)19-21-7-4-8-23(17-21)29-15-9-20-5-2-1-3-6-20/h4,7-8,10,16-17,20H,1-3,5-6,9,11-15,18-19H2. The molecule has 0 unspecified atom stereocenters. The number of amides is 1. The highest BCUT2D eigenvalue weighted by Crippen LogP contribution is 2.26. The molecule has 4 rings (SSSR count). The highest BCUT2D eigenvalue weighted by atomic mass is 16.5. The molecule has 1 saturated carbocycles. The molecular weight excluding hydrogens is 378 g/mol. The van der Waals surface area contributed by atoms with E-state index in [1.54, 1.807) is 6.07 Å². The summed E-state index contributed by atoms with van der Waals surface area (Å²) in [5.41, 5.74) is 1.97. The van der Waals surface area contributed by atoms with Gasteiger partial charge in [0, 0.05) is 38.8 Å². The van der Waals surface area contributed by atoms with Gasteiger partial charge in [0.05, 0.1) is 18.7 Å². The quantitative estimate of drug-likeness (QED) is 0.659. The zero-order chi connectivity index (χ0) is 20.6. The van der Waals surface area contributed by atoms with E-state index in [1.165, 1.54) is 50.4 Å². The predicted molar refractivity (Wildman–Crippen MR) is 115 cm³/mol. The minimum Gasteiger partial charge on any atom is -0.494 e. The first kappa shape index (κ1) is 20.9. The van der Waals surface area contributed by atoms with Crippen LogP contribution in [-0.2, 0) is 17.8 Å². The predicted octanol–water partition coefficient (Wildman–Crippen LogP) is 3.91. The van der Waals surface area contributed by atoms with E-state index < -0.39 is 0 Å². The molecule has 6 heteroatoms. The molecule has 0 spiro atoms. The van der Waals surface area contributed by atoms with Crippen molar-refractivity contribution < 1.29 is 14.1 Å². The van der Waals surface area contributed by atoms with Crippen LogP contribution in [0.2, 0.25) is 0 Å². The van der Waals surface area contributed by atoms with E-state index in [0.717, 1.165) is 51.0 Å². The SMILES string of the molecule is O=C(Cc1ccon1)N1CCN(Cc2cccc(OCCC3CCCCC3)c2)CC1. The second-order valence-electron chi connectivity index (χ2n) is 8.61. The fraction of sp³-hybridized carbons (Fsp3) is 0.583. The molecule has 0 radical (unpaired) electrons. The van der Waals surface area contributed by atoms with Gasteiger partial charge in [0.15, 0.2) is 0 Å². The van der Waals surface area contributed by atoms with Crippen LogP contribution in [0.3, 0.4) is 0 Å². The number of carbonyl (C=O) groups is 1. The Morgan fingerprint density at radius 1 is 1.10 bits per heavy atom. The third-order valence-electron chi connectivity index (χ3n) is 6.37. The van der Waals surface area contributed by atoms with Crippen LogP contribution in [0.5, 0.6) is 5.75 Å². The summed E-state index contributed by atoms with van der Waals surface area (Å²) in [6, 6.07) is 10.2. The van der Waals surface area contributed by atoms with Gasteiger partial charge in [-0.3, -0.25) is 9.69 Å². The number of piperazine rings is 1. The lowest BCUT2D eigenvalue weighted by Crippen LogP contribution is -2.48. The molecule has 1 aliphatic heterocycles. The maximum absolute atomic E-state index is 12.4. The first-order valence-electron chi connectivity index (χ1n) is 11.4. The van der Waals surface area contributed by atoms with Crippen LogP contribution >= 0.6 is 0 Å². The smallest absolute Gasteiger partial charge is 0.228 e. The first-order valence-corrected chi connectivity index (χ1v) is 11.4. The largest absolute Gasteiger partial charge is 0.494 e. The number of aromatic nitrogens is 1. The maximum atomic E-state index is 12.4. The lowest BCUT2D eigenvalue weighted by atomic mass is 9.87. The van der Waals surface area contributed by atoms with Crippen LogP contribution in [0.25, 0.3) is 0 Å². The molecule has 2 fully saturated rings. The van der Waals surface area contributed by atoms with Crippen LogP contribution < -0.4 is 4.74 Å². The van der Waals surface area contributed by atoms with E-state index in [4.69, 9.17) is 9.26 Å². The Balaban J connectivity index is 1.19. The molecule has 6 nitrogen and oxygen atoms in total. The van der Waals surface area contributed by atoms with E-state index in [1.807, 2.05) is 4.90 Å². The molecule has 1 aromatic heterocycles. The van der Waals surface area contributed by atoms with Crippen LogP contribution in [0.1, 0.15) is 49.8 Å². The van der Waals surface area contributed by atoms with Crippen molar-refractivity contribution in [3.05, 3.63) is 47.9 Å². The van der Waals surface area contributed by atoms with Crippen molar-refractivity contribution in [1.82, 2.24) is 15.0 Å². The van der Waals surface area contributed by atoms with E-state index in [9.17, 15) is 4.79 Å². The van der Waals surface area contributed by atoms with Gasteiger partial charge in [-0.1, -0.05) is 49.4 Å². The summed E-state index contributed by atoms with van der Waals surface area (Å²) in [5, 5.41) is 3.83. The summed E-state index contributed by atoms with van der Waals surface area (Å²) in [5.74, 6) is 1.95. The second-order valence-corrected chi connectivity index (χ2v) is 8.61. The zero-order valence-corrected chi connectivity index (χ0v) is 17.8. The molecule has 0 bridgehead atoms. The Labute approximate surface area is 179 Å². The maximum Gasteiger partial charge on any atom is 0.228 e. The van der Waals surface area contributed by atoms with Crippen LogP contribution in [0.15, 0.2) is 41.1 Å². The molecule has 2 aromatic rings. The van der Waals surface area contributed by atoms with Gasteiger partial charge in [-0.25, -0.2) is 0 Å². The van der Waals surface area contributed by atoms with Gasteiger partial charge < -0.3 is 14.2 Å². The molecule has 2 heterocycles. The van der Waals surface area contributed by atoms with Crippen molar-refractivity contribution in [3.8, 4) is 5.75 Å². The Hall–Kier alpha value is -2.34. The number of rotatable bonds is 8. The normalized spacial score (nSPS) is 18.5. The Morgan fingerprint density at radius 2 is 1.93 bits per heavy atom. The van der Waals surface area contributed by atoms with Crippen molar-refractivity contribution in [1.29, 1.82) is 0 Å². The molecule has 1 aliphatic carbocycles. The molecule has 30 heavy (non-hydrogen) atoms. The average Bonchev–Trinajstić information content (AvgIpc) is 3.28. The van der Waals surface area contributed by atoms with Crippen LogP contribution in [0, 0.1) is 5.92 Å². The Morgan fingerprint density at radius 3 is 2.70 bits per heavy atom. The van der Waals surface area contributed by atoms with Gasteiger partial charge >= 0.3 is 0 Å². The first-order chi connectivity index (χ1) is 14.8. The molecular formula is C24H33N3O3. The topological polar surface area (TPSA) is 58.8 Å². The van der Waals surface area contributed by atoms with E-state index in [2.05, 4.69) is 34.3 Å². The fourth-order valence-electron chi connectivity index (χ4n) is 4.56. The summed E-state index contributed by atoms with van der Waals surface area (Å²) in [6.07, 6.45) is 9.93. The third kappa shape index (κ3) is 6.08. The summed E-state index contributed by atoms with van der Waals surface area (Å²) >= 11 is 0. The van der Waals surface area contributed by atoms with Crippen molar-refractivity contribution in [3.63, 3.8) is 0 Å². The molecule has 0 N–H and O–H groups in total. The zero-order valence-electron chi connectivity index (χ0n) is 17.8. The fourth-order valence-corrected chi connectivity index (χ4v) is 4.56. The van der Waals surface area contributed by atoms with Gasteiger partial charge in [-0.05, 0) is 30.0 Å². The summed E-state index contributed by atoms with van der Waals surface area (Å²) < 4.78 is 10.9. The molecule has 1 aromatic carbocycles. The minimum atomic E-state index is 0.122. The van der Waals surface area contributed by atoms with Crippen LogP contribution in [0.4, 0.5) is 0 Å². The van der Waals surface area contributed by atoms with E-state index in [-0.39, 0.29) is 5.91 Å². The number of nitrogens with zero attached hydrogens (tertiary/aromatic N) is 3. The number of hydrogen-bond donors (Lipinski definition) is 0. The van der Waals surface area contributed by atoms with E-state index in [0.29, 0.717) is 12.1 Å². The number of ether oxygens (including phenoxy) is 1. The summed E-state index contributed by atoms with van der Waals surface area (Å²) in [4.78, 5) is 16.7. The Bertz CT molecular complexity index is 779. The van der Waals surface area contributed by atoms with Gasteiger partial charge in [0.25, 0.3) is 0 Å². The molecule has 1 amide bonds. The highest BCUT2D eigenvalue weighted by molar-refractivity contribution is 5.78. The Kier molecular flexibility index (Phi) is 7.40. The third-order valence-corrected chi connectivity index (χ3v) is 6.37. The van der Waals surface area contributed by atoms with Crippen molar-refractivity contribution in [2.45, 2.75) is 51.5 Å². The number of hydrogen-bond acceptors (Lipinski definition) is 5. The van der Waals surface area contributed by atoms with Crippen molar-refractivity contribution in [2.75, 3.05) is 32.8 Å². The van der Waals surface area contributed by atoms with Gasteiger partial charge in [0.2, 0.25) is 5.91 Å². The summed E-state index contributed by atoms with van der Waals surface area (Å²) in [7, 11) is 0. The second kappa shape index (κ2) is 10.6. The average molecular weight is 412 g/mol. The highest BCUT2D eigenvalue weighted by Gasteiger charge is 2.22. The molecule has 0 atom stereocenters. The lowest BCUT2D eigenvalue weighted by molar-refractivity contribution is -0.132. The van der Waals surface area contributed by atoms with Gasteiger partial charge in [-0.15, -0.1) is 0 Å². The monoisotopic (exact) mass is 411 g/mol. The number of benzene rings is 1. The summed E-state index contributed by atoms with van der Waals surface area (Å²) in [6.45, 7) is 5.00. The van der Waals surface area contributed by atoms with Crippen molar-refractivity contribution >= 4 is 5.91 Å². The lowest BCUT2D eigenvalue weighted by Gasteiger charge is -2.34. The van der Waals surface area contributed by atoms with Crippen molar-refractivity contribution in [2.24, 2.45) is 5.92 Å².